The topological polar surface area (TPSA) is 174 Å². The van der Waals surface area contributed by atoms with Gasteiger partial charge in [0.2, 0.25) is 0 Å². The molecule has 0 aliphatic rings. The standard InChI is InChI=1S/C14H24N2O10.Zn/c17-11(18)7-15(8-12(19)20)1-3-25-5-6-26-4-2-16(9-13(21)22)10-14(23)24;/h1-10H2,(H,17,18)(H,19,20)(H,21,22)(H,23,24);. The average Bonchev–Trinajstić information content (AvgIpc) is 2.47. The Morgan fingerprint density at radius 2 is 0.815 bits per heavy atom. The molecule has 0 aliphatic heterocycles. The number of nitrogens with zero attached hydrogens (tertiary/aromatic N) is 2. The van der Waals surface area contributed by atoms with E-state index in [0.717, 1.165) is 0 Å². The smallest absolute Gasteiger partial charge is 0.317 e. The van der Waals surface area contributed by atoms with Crippen molar-refractivity contribution in [1.82, 2.24) is 9.80 Å². The zero-order valence-electron chi connectivity index (χ0n) is 14.9. The summed E-state index contributed by atoms with van der Waals surface area (Å²) in [6.07, 6.45) is 0. The van der Waals surface area contributed by atoms with Crippen LogP contribution in [-0.2, 0) is 48.1 Å². The molecule has 0 fully saturated rings. The van der Waals surface area contributed by atoms with Crippen molar-refractivity contribution in [3.8, 4) is 0 Å². The maximum atomic E-state index is 10.6. The third-order valence-electron chi connectivity index (χ3n) is 2.91. The van der Waals surface area contributed by atoms with E-state index in [-0.39, 0.29) is 59.0 Å². The molecule has 0 rings (SSSR count). The first kappa shape index (κ1) is 27.6. The van der Waals surface area contributed by atoms with Crippen LogP contribution in [0.1, 0.15) is 0 Å². The fourth-order valence-electron chi connectivity index (χ4n) is 1.90. The predicted molar refractivity (Wildman–Crippen MR) is 85.1 cm³/mol. The van der Waals surface area contributed by atoms with Crippen LogP contribution in [0.25, 0.3) is 0 Å². The summed E-state index contributed by atoms with van der Waals surface area (Å²) in [7, 11) is 0. The van der Waals surface area contributed by atoms with Crippen molar-refractivity contribution < 1.29 is 68.6 Å². The molecule has 0 saturated heterocycles. The molecule has 13 heteroatoms. The van der Waals surface area contributed by atoms with E-state index in [2.05, 4.69) is 0 Å². The molecule has 0 aromatic carbocycles. The molecule has 0 spiro atoms. The van der Waals surface area contributed by atoms with Gasteiger partial charge in [-0.25, -0.2) is 0 Å². The Kier molecular flexibility index (Phi) is 16.9. The first-order chi connectivity index (χ1) is 12.2. The van der Waals surface area contributed by atoms with Crippen molar-refractivity contribution in [2.75, 3.05) is 65.7 Å². The molecule has 4 N–H and O–H groups in total. The normalized spacial score (nSPS) is 10.6. The van der Waals surface area contributed by atoms with E-state index in [4.69, 9.17) is 29.9 Å². The molecule has 0 amide bonds. The molecule has 0 bridgehead atoms. The Morgan fingerprint density at radius 1 is 0.556 bits per heavy atom. The van der Waals surface area contributed by atoms with Crippen molar-refractivity contribution >= 4 is 23.9 Å². The molecule has 0 aliphatic carbocycles. The van der Waals surface area contributed by atoms with Crippen molar-refractivity contribution in [3.63, 3.8) is 0 Å². The molecule has 0 unspecified atom stereocenters. The minimum Gasteiger partial charge on any atom is -0.480 e. The molecular weight excluding hydrogens is 422 g/mol. The van der Waals surface area contributed by atoms with E-state index >= 15 is 0 Å². The minimum atomic E-state index is -1.14. The molecule has 152 valence electrons. The maximum Gasteiger partial charge on any atom is 0.317 e. The molecule has 0 aromatic heterocycles. The zero-order valence-corrected chi connectivity index (χ0v) is 17.9. The summed E-state index contributed by atoms with van der Waals surface area (Å²) in [6.45, 7) is -0.790. The van der Waals surface area contributed by atoms with Gasteiger partial charge in [-0.15, -0.1) is 0 Å². The number of aliphatic carboxylic acids is 4. The average molecular weight is 446 g/mol. The number of hydrogen-bond acceptors (Lipinski definition) is 8. The van der Waals surface area contributed by atoms with Gasteiger partial charge in [-0.2, -0.15) is 0 Å². The Balaban J connectivity index is 0. The van der Waals surface area contributed by atoms with Gasteiger partial charge in [-0.1, -0.05) is 0 Å². The predicted octanol–water partition coefficient (Wildman–Crippen LogP) is -2.04. The van der Waals surface area contributed by atoms with Crippen molar-refractivity contribution in [3.05, 3.63) is 0 Å². The van der Waals surface area contributed by atoms with Crippen LogP contribution in [0.3, 0.4) is 0 Å². The largest absolute Gasteiger partial charge is 0.480 e. The van der Waals surface area contributed by atoms with Crippen LogP contribution in [0.15, 0.2) is 0 Å². The van der Waals surface area contributed by atoms with Gasteiger partial charge in [-0.3, -0.25) is 29.0 Å². The molecule has 0 atom stereocenters. The SMILES string of the molecule is O=C(O)CN(CCOCCOCCN(CC(=O)O)CC(=O)O)CC(=O)O.[Zn]. The maximum absolute atomic E-state index is 10.6. The van der Waals surface area contributed by atoms with Gasteiger partial charge in [0, 0.05) is 32.6 Å². The Bertz CT molecular complexity index is 403. The fraction of sp³-hybridized carbons (Fsp3) is 0.714. The Labute approximate surface area is 168 Å². The van der Waals surface area contributed by atoms with Gasteiger partial charge in [0.1, 0.15) is 0 Å². The second-order valence-electron chi connectivity index (χ2n) is 5.22. The summed E-state index contributed by atoms with van der Waals surface area (Å²) in [5, 5.41) is 34.7. The summed E-state index contributed by atoms with van der Waals surface area (Å²) in [6, 6.07) is 0. The molecule has 12 nitrogen and oxygen atoms in total. The summed E-state index contributed by atoms with van der Waals surface area (Å²) in [4.78, 5) is 44.9. The summed E-state index contributed by atoms with van der Waals surface area (Å²) >= 11 is 0. The Morgan fingerprint density at radius 3 is 1.04 bits per heavy atom. The number of hydrogen-bond donors (Lipinski definition) is 4. The first-order valence-electron chi connectivity index (χ1n) is 7.68. The quantitative estimate of drug-likeness (QED) is 0.143. The van der Waals surface area contributed by atoms with Crippen LogP contribution in [0.4, 0.5) is 0 Å². The van der Waals surface area contributed by atoms with Gasteiger partial charge in [-0.05, 0) is 0 Å². The van der Waals surface area contributed by atoms with Gasteiger partial charge in [0.15, 0.2) is 0 Å². The van der Waals surface area contributed by atoms with Crippen molar-refractivity contribution in [2.24, 2.45) is 0 Å². The van der Waals surface area contributed by atoms with Crippen LogP contribution < -0.4 is 0 Å². The number of carboxylic acid groups (broad SMARTS) is 4. The van der Waals surface area contributed by atoms with E-state index < -0.39 is 50.1 Å². The van der Waals surface area contributed by atoms with Crippen LogP contribution >= 0.6 is 0 Å². The summed E-state index contributed by atoms with van der Waals surface area (Å²) < 4.78 is 10.4. The molecular formula is C14H24N2O10Zn. The van der Waals surface area contributed by atoms with E-state index in [1.807, 2.05) is 0 Å². The number of carbonyl (C=O) groups is 4. The van der Waals surface area contributed by atoms with Crippen LogP contribution in [0.2, 0.25) is 0 Å². The van der Waals surface area contributed by atoms with Gasteiger partial charge >= 0.3 is 23.9 Å². The summed E-state index contributed by atoms with van der Waals surface area (Å²) in [5.41, 5.74) is 0. The monoisotopic (exact) mass is 444 g/mol. The number of carboxylic acids is 4. The molecule has 0 heterocycles. The number of ether oxygens (including phenoxy) is 2. The van der Waals surface area contributed by atoms with E-state index in [1.54, 1.807) is 0 Å². The molecule has 27 heavy (non-hydrogen) atoms. The second-order valence-corrected chi connectivity index (χ2v) is 5.22. The van der Waals surface area contributed by atoms with Gasteiger partial charge in [0.05, 0.1) is 52.6 Å². The van der Waals surface area contributed by atoms with Crippen LogP contribution in [0.5, 0.6) is 0 Å². The van der Waals surface area contributed by atoms with E-state index in [1.165, 1.54) is 9.80 Å². The van der Waals surface area contributed by atoms with Crippen LogP contribution in [-0.4, -0.2) is 120 Å². The van der Waals surface area contributed by atoms with Crippen molar-refractivity contribution in [2.45, 2.75) is 0 Å². The fourth-order valence-corrected chi connectivity index (χ4v) is 1.90. The Hall–Kier alpha value is -1.66. The van der Waals surface area contributed by atoms with Gasteiger partial charge < -0.3 is 29.9 Å². The van der Waals surface area contributed by atoms with E-state index in [9.17, 15) is 19.2 Å². The number of rotatable bonds is 17. The third kappa shape index (κ3) is 18.9. The minimum absolute atomic E-state index is 0. The van der Waals surface area contributed by atoms with Gasteiger partial charge in [0.25, 0.3) is 0 Å². The van der Waals surface area contributed by atoms with E-state index in [0.29, 0.717) is 0 Å². The molecule has 0 saturated carbocycles. The molecule has 0 radical (unpaired) electrons. The molecule has 0 aromatic rings. The van der Waals surface area contributed by atoms with Crippen molar-refractivity contribution in [1.29, 1.82) is 0 Å². The second kappa shape index (κ2) is 16.5. The zero-order chi connectivity index (χ0) is 19.9. The first-order valence-corrected chi connectivity index (χ1v) is 7.68. The summed E-state index contributed by atoms with van der Waals surface area (Å²) in [5.74, 6) is -4.55. The third-order valence-corrected chi connectivity index (χ3v) is 2.91. The van der Waals surface area contributed by atoms with Crippen LogP contribution in [0, 0.1) is 0 Å².